The largest absolute Gasteiger partial charge is 0.352 e. The number of hydrogen-bond acceptors (Lipinski definition) is 4. The second-order valence-electron chi connectivity index (χ2n) is 11.6. The highest BCUT2D eigenvalue weighted by Crippen LogP contribution is 2.31. The van der Waals surface area contributed by atoms with Gasteiger partial charge in [-0.05, 0) is 66.4 Å². The average molecular weight is 713 g/mol. The molecule has 0 heterocycles. The fraction of sp³-hybridized carbons (Fsp3) is 0.278. The molecule has 0 spiro atoms. The van der Waals surface area contributed by atoms with E-state index in [-0.39, 0.29) is 45.5 Å². The van der Waals surface area contributed by atoms with Gasteiger partial charge in [0.1, 0.15) is 12.6 Å². The molecule has 0 aliphatic heterocycles. The number of halogens is 3. The van der Waals surface area contributed by atoms with Gasteiger partial charge in [0.25, 0.3) is 10.0 Å². The van der Waals surface area contributed by atoms with Gasteiger partial charge in [-0.15, -0.1) is 0 Å². The van der Waals surface area contributed by atoms with E-state index in [1.165, 1.54) is 35.2 Å². The van der Waals surface area contributed by atoms with Crippen molar-refractivity contribution >= 4 is 62.3 Å². The average Bonchev–Trinajstić information content (AvgIpc) is 3.07. The summed E-state index contributed by atoms with van der Waals surface area (Å²) in [7, 11) is -4.26. The van der Waals surface area contributed by atoms with Gasteiger partial charge in [0.15, 0.2) is 0 Å². The molecule has 4 aromatic rings. The highest BCUT2D eigenvalue weighted by Gasteiger charge is 2.35. The van der Waals surface area contributed by atoms with E-state index >= 15 is 0 Å². The summed E-state index contributed by atoms with van der Waals surface area (Å²) in [5.41, 5.74) is 1.71. The Hall–Kier alpha value is -3.56. The quantitative estimate of drug-likeness (QED) is 0.162. The number of sulfonamides is 1. The number of anilines is 1. The van der Waals surface area contributed by atoms with E-state index in [4.69, 9.17) is 34.8 Å². The van der Waals surface area contributed by atoms with Gasteiger partial charge in [-0.2, -0.15) is 0 Å². The van der Waals surface area contributed by atoms with Gasteiger partial charge in [-0.3, -0.25) is 13.9 Å². The van der Waals surface area contributed by atoms with Crippen LogP contribution in [-0.4, -0.2) is 43.8 Å². The summed E-state index contributed by atoms with van der Waals surface area (Å²) >= 11 is 18.8. The van der Waals surface area contributed by atoms with E-state index in [2.05, 4.69) is 5.32 Å². The minimum absolute atomic E-state index is 0.00353. The molecule has 1 N–H and O–H groups in total. The van der Waals surface area contributed by atoms with E-state index in [0.717, 1.165) is 42.0 Å². The van der Waals surface area contributed by atoms with Crippen LogP contribution in [0.25, 0.3) is 0 Å². The first-order valence-electron chi connectivity index (χ1n) is 15.5. The van der Waals surface area contributed by atoms with Crippen molar-refractivity contribution in [2.24, 2.45) is 0 Å². The Morgan fingerprint density at radius 2 is 1.43 bits per heavy atom. The Balaban J connectivity index is 1.57. The number of nitrogens with zero attached hydrogens (tertiary/aromatic N) is 2. The van der Waals surface area contributed by atoms with Gasteiger partial charge in [0.2, 0.25) is 11.8 Å². The molecule has 1 saturated carbocycles. The summed E-state index contributed by atoms with van der Waals surface area (Å²) in [6.45, 7) is -0.576. The lowest BCUT2D eigenvalue weighted by Crippen LogP contribution is -2.55. The molecular formula is C36H36Cl3N3O4S. The summed E-state index contributed by atoms with van der Waals surface area (Å²) in [5.74, 6) is -0.863. The lowest BCUT2D eigenvalue weighted by molar-refractivity contribution is -0.140. The maximum absolute atomic E-state index is 14.6. The van der Waals surface area contributed by atoms with Crippen LogP contribution in [0.1, 0.15) is 43.2 Å². The number of carbonyl (C=O) groups is 2. The molecule has 1 aliphatic carbocycles. The van der Waals surface area contributed by atoms with Gasteiger partial charge in [0, 0.05) is 24.0 Å². The molecule has 1 unspecified atom stereocenters. The van der Waals surface area contributed by atoms with E-state index in [0.29, 0.717) is 10.6 Å². The topological polar surface area (TPSA) is 86.8 Å². The summed E-state index contributed by atoms with van der Waals surface area (Å²) < 4.78 is 29.3. The third-order valence-electron chi connectivity index (χ3n) is 8.27. The first-order valence-corrected chi connectivity index (χ1v) is 18.1. The Morgan fingerprint density at radius 1 is 0.766 bits per heavy atom. The molecule has 2 amide bonds. The summed E-state index contributed by atoms with van der Waals surface area (Å²) in [6, 6.07) is 27.8. The number of carbonyl (C=O) groups excluding carboxylic acids is 2. The molecule has 47 heavy (non-hydrogen) atoms. The van der Waals surface area contributed by atoms with E-state index in [1.54, 1.807) is 36.4 Å². The molecule has 0 radical (unpaired) electrons. The van der Waals surface area contributed by atoms with E-state index in [9.17, 15) is 18.0 Å². The Morgan fingerprint density at radius 3 is 2.09 bits per heavy atom. The van der Waals surface area contributed by atoms with Crippen LogP contribution in [0.3, 0.4) is 0 Å². The molecule has 1 aliphatic rings. The van der Waals surface area contributed by atoms with E-state index < -0.39 is 28.5 Å². The molecule has 7 nitrogen and oxygen atoms in total. The fourth-order valence-corrected chi connectivity index (χ4v) is 7.75. The van der Waals surface area contributed by atoms with Crippen molar-refractivity contribution in [3.05, 3.63) is 129 Å². The Bertz CT molecular complexity index is 1790. The molecule has 5 rings (SSSR count). The zero-order chi connectivity index (χ0) is 33.4. The van der Waals surface area contributed by atoms with Crippen LogP contribution in [0.5, 0.6) is 0 Å². The number of benzene rings is 4. The molecule has 0 aromatic heterocycles. The number of nitrogens with one attached hydrogen (secondary N) is 1. The standard InChI is InChI=1S/C36H36Cl3N3O4S/c37-28-14-10-13-27(21-28)24-41(34(22-26-11-4-1-5-12-26)36(44)40-29-15-6-2-7-16-29)35(43)25-42(30-19-20-32(38)33(39)23-30)47(45,46)31-17-8-3-9-18-31/h1,3-5,8-14,17-21,23,29,34H,2,6-7,15-16,22,24-25H2,(H,40,44). The molecule has 0 bridgehead atoms. The normalized spacial score (nSPS) is 14.3. The van der Waals surface area contributed by atoms with Crippen molar-refractivity contribution in [1.29, 1.82) is 0 Å². The number of amides is 2. The first kappa shape index (κ1) is 34.8. The van der Waals surface area contributed by atoms with Crippen LogP contribution in [0.4, 0.5) is 5.69 Å². The molecule has 11 heteroatoms. The molecular weight excluding hydrogens is 677 g/mol. The summed E-state index contributed by atoms with van der Waals surface area (Å²) in [4.78, 5) is 30.3. The van der Waals surface area contributed by atoms with E-state index in [1.807, 2.05) is 36.4 Å². The maximum Gasteiger partial charge on any atom is 0.264 e. The number of hydrogen-bond donors (Lipinski definition) is 1. The maximum atomic E-state index is 14.6. The van der Waals surface area contributed by atoms with Crippen LogP contribution in [-0.2, 0) is 32.6 Å². The Kier molecular flexibility index (Phi) is 11.9. The van der Waals surface area contributed by atoms with Gasteiger partial charge < -0.3 is 10.2 Å². The SMILES string of the molecule is O=C(NC1CCCCC1)C(Cc1ccccc1)N(Cc1cccc(Cl)c1)C(=O)CN(c1ccc(Cl)c(Cl)c1)S(=O)(=O)c1ccccc1. The smallest absolute Gasteiger partial charge is 0.264 e. The highest BCUT2D eigenvalue weighted by atomic mass is 35.5. The zero-order valence-electron chi connectivity index (χ0n) is 25.7. The molecule has 246 valence electrons. The van der Waals surface area contributed by atoms with Gasteiger partial charge in [0.05, 0.1) is 20.6 Å². The third-order valence-corrected chi connectivity index (χ3v) is 11.0. The number of rotatable bonds is 12. The Labute approximate surface area is 291 Å². The second kappa shape index (κ2) is 16.0. The predicted molar refractivity (Wildman–Crippen MR) is 188 cm³/mol. The minimum atomic E-state index is -4.26. The van der Waals surface area contributed by atoms with Crippen LogP contribution >= 0.6 is 34.8 Å². The fourth-order valence-electron chi connectivity index (χ4n) is 5.82. The minimum Gasteiger partial charge on any atom is -0.352 e. The third kappa shape index (κ3) is 9.08. The first-order chi connectivity index (χ1) is 22.6. The molecule has 0 saturated heterocycles. The lowest BCUT2D eigenvalue weighted by atomic mass is 9.94. The lowest BCUT2D eigenvalue weighted by Gasteiger charge is -2.35. The van der Waals surface area contributed by atoms with Crippen LogP contribution < -0.4 is 9.62 Å². The predicted octanol–water partition coefficient (Wildman–Crippen LogP) is 7.93. The van der Waals surface area contributed by atoms with Crippen LogP contribution in [0.15, 0.2) is 108 Å². The highest BCUT2D eigenvalue weighted by molar-refractivity contribution is 7.92. The second-order valence-corrected chi connectivity index (χ2v) is 14.7. The van der Waals surface area contributed by atoms with Gasteiger partial charge in [-0.25, -0.2) is 8.42 Å². The zero-order valence-corrected chi connectivity index (χ0v) is 28.8. The summed E-state index contributed by atoms with van der Waals surface area (Å²) in [5, 5.41) is 4.05. The van der Waals surface area contributed by atoms with Crippen LogP contribution in [0, 0.1) is 0 Å². The summed E-state index contributed by atoms with van der Waals surface area (Å²) in [6.07, 6.45) is 5.13. The van der Waals surface area contributed by atoms with Crippen molar-refractivity contribution < 1.29 is 18.0 Å². The van der Waals surface area contributed by atoms with Crippen molar-refractivity contribution in [1.82, 2.24) is 10.2 Å². The molecule has 1 fully saturated rings. The molecule has 1 atom stereocenters. The van der Waals surface area contributed by atoms with Crippen LogP contribution in [0.2, 0.25) is 15.1 Å². The van der Waals surface area contributed by atoms with Crippen molar-refractivity contribution in [2.75, 3.05) is 10.8 Å². The van der Waals surface area contributed by atoms with Crippen molar-refractivity contribution in [3.63, 3.8) is 0 Å². The van der Waals surface area contributed by atoms with Gasteiger partial charge >= 0.3 is 0 Å². The monoisotopic (exact) mass is 711 g/mol. The van der Waals surface area contributed by atoms with Crippen molar-refractivity contribution in [3.8, 4) is 0 Å². The molecule has 4 aromatic carbocycles. The van der Waals surface area contributed by atoms with Gasteiger partial charge in [-0.1, -0.05) is 115 Å². The van der Waals surface area contributed by atoms with Crippen molar-refractivity contribution in [2.45, 2.75) is 62.0 Å².